The van der Waals surface area contributed by atoms with Crippen LogP contribution in [0, 0.1) is 6.92 Å². The van der Waals surface area contributed by atoms with Crippen molar-refractivity contribution in [1.82, 2.24) is 24.4 Å². The highest BCUT2D eigenvalue weighted by Crippen LogP contribution is 2.29. The summed E-state index contributed by atoms with van der Waals surface area (Å²) in [5, 5.41) is 3.41. The second kappa shape index (κ2) is 9.03. The third kappa shape index (κ3) is 4.59. The summed E-state index contributed by atoms with van der Waals surface area (Å²) in [5.41, 5.74) is 7.49. The van der Waals surface area contributed by atoms with Gasteiger partial charge in [-0.25, -0.2) is 15.0 Å². The Hall–Kier alpha value is -3.71. The number of nitrogens with one attached hydrogen (secondary N) is 1. The fourth-order valence-corrected chi connectivity index (χ4v) is 4.26. The number of methoxy groups -OCH3 is 1. The fourth-order valence-electron chi connectivity index (χ4n) is 4.26. The van der Waals surface area contributed by atoms with Crippen molar-refractivity contribution in [2.45, 2.75) is 26.3 Å². The average molecular weight is 441 g/mol. The standard InChI is InChI=1S/C26H28N6O/c1-18-15-32(17-27-18)24-10-9-20(14-25(24)33-3)28-26-29-22-11-12-31(2)16-21(22)23(30-26)13-19-7-5-4-6-8-19/h4-10,14-15,17H,11-13,16H2,1-3H3,(H,28,29,30). The number of benzene rings is 2. The number of hydrogen-bond acceptors (Lipinski definition) is 6. The Bertz CT molecular complexity index is 1270. The Balaban J connectivity index is 1.47. The van der Waals surface area contributed by atoms with Gasteiger partial charge in [-0.05, 0) is 31.7 Å². The van der Waals surface area contributed by atoms with Crippen LogP contribution in [-0.4, -0.2) is 45.1 Å². The topological polar surface area (TPSA) is 68.1 Å². The second-order valence-corrected chi connectivity index (χ2v) is 8.50. The van der Waals surface area contributed by atoms with Crippen LogP contribution in [-0.2, 0) is 19.4 Å². The Morgan fingerprint density at radius 1 is 1.09 bits per heavy atom. The first-order chi connectivity index (χ1) is 16.1. The zero-order valence-electron chi connectivity index (χ0n) is 19.2. The van der Waals surface area contributed by atoms with E-state index in [4.69, 9.17) is 14.7 Å². The lowest BCUT2D eigenvalue weighted by molar-refractivity contribution is 0.308. The van der Waals surface area contributed by atoms with Crippen LogP contribution in [0.15, 0.2) is 61.1 Å². The number of rotatable bonds is 6. The number of imidazole rings is 1. The fraction of sp³-hybridized carbons (Fsp3) is 0.269. The molecule has 1 aliphatic rings. The maximum absolute atomic E-state index is 5.66. The van der Waals surface area contributed by atoms with Gasteiger partial charge in [0, 0.05) is 49.4 Å². The van der Waals surface area contributed by atoms with Crippen LogP contribution in [0.4, 0.5) is 11.6 Å². The minimum absolute atomic E-state index is 0.623. The van der Waals surface area contributed by atoms with Crippen molar-refractivity contribution >= 4 is 11.6 Å². The smallest absolute Gasteiger partial charge is 0.227 e. The van der Waals surface area contributed by atoms with Crippen LogP contribution in [0.2, 0.25) is 0 Å². The number of nitrogens with zero attached hydrogens (tertiary/aromatic N) is 5. The molecule has 0 radical (unpaired) electrons. The van der Waals surface area contributed by atoms with Crippen molar-refractivity contribution in [3.8, 4) is 11.4 Å². The molecule has 2 aromatic heterocycles. The number of hydrogen-bond donors (Lipinski definition) is 1. The Morgan fingerprint density at radius 2 is 1.94 bits per heavy atom. The predicted octanol–water partition coefficient (Wildman–Crippen LogP) is 4.30. The molecule has 0 aliphatic carbocycles. The molecule has 0 atom stereocenters. The van der Waals surface area contributed by atoms with Crippen molar-refractivity contribution in [3.05, 3.63) is 89.3 Å². The molecule has 168 valence electrons. The minimum atomic E-state index is 0.623. The molecule has 7 nitrogen and oxygen atoms in total. The SMILES string of the molecule is COc1cc(Nc2nc3c(c(Cc4ccccc4)n2)CN(C)CC3)ccc1-n1cnc(C)c1. The van der Waals surface area contributed by atoms with E-state index >= 15 is 0 Å². The number of anilines is 2. The molecule has 0 saturated heterocycles. The van der Waals surface area contributed by atoms with Crippen molar-refractivity contribution in [2.24, 2.45) is 0 Å². The third-order valence-corrected chi connectivity index (χ3v) is 5.98. The first-order valence-corrected chi connectivity index (χ1v) is 11.2. The van der Waals surface area contributed by atoms with Crippen LogP contribution >= 0.6 is 0 Å². The molecule has 7 heteroatoms. The van der Waals surface area contributed by atoms with E-state index in [1.165, 1.54) is 11.1 Å². The van der Waals surface area contributed by atoms with Crippen LogP contribution in [0.3, 0.4) is 0 Å². The zero-order valence-corrected chi connectivity index (χ0v) is 19.2. The van der Waals surface area contributed by atoms with Crippen LogP contribution in [0.25, 0.3) is 5.69 Å². The van der Waals surface area contributed by atoms with E-state index in [2.05, 4.69) is 46.5 Å². The van der Waals surface area contributed by atoms with Gasteiger partial charge in [-0.1, -0.05) is 30.3 Å². The van der Waals surface area contributed by atoms with Crippen molar-refractivity contribution in [1.29, 1.82) is 0 Å². The molecule has 4 aromatic rings. The van der Waals surface area contributed by atoms with Gasteiger partial charge >= 0.3 is 0 Å². The lowest BCUT2D eigenvalue weighted by atomic mass is 9.99. The summed E-state index contributed by atoms with van der Waals surface area (Å²) in [6, 6.07) is 16.5. The van der Waals surface area contributed by atoms with Gasteiger partial charge in [0.1, 0.15) is 5.75 Å². The van der Waals surface area contributed by atoms with Gasteiger partial charge in [0.2, 0.25) is 5.95 Å². The molecular weight excluding hydrogens is 412 g/mol. The van der Waals surface area contributed by atoms with Gasteiger partial charge in [0.15, 0.2) is 0 Å². The summed E-state index contributed by atoms with van der Waals surface area (Å²) < 4.78 is 7.62. The second-order valence-electron chi connectivity index (χ2n) is 8.50. The predicted molar refractivity (Wildman–Crippen MR) is 129 cm³/mol. The maximum atomic E-state index is 5.66. The zero-order chi connectivity index (χ0) is 22.8. The number of ether oxygens (including phenoxy) is 1. The Morgan fingerprint density at radius 3 is 2.70 bits per heavy atom. The largest absolute Gasteiger partial charge is 0.494 e. The highest BCUT2D eigenvalue weighted by atomic mass is 16.5. The Labute approximate surface area is 194 Å². The van der Waals surface area contributed by atoms with Crippen LogP contribution in [0.5, 0.6) is 5.75 Å². The van der Waals surface area contributed by atoms with Gasteiger partial charge in [-0.3, -0.25) is 0 Å². The molecule has 0 amide bonds. The molecule has 1 aliphatic heterocycles. The van der Waals surface area contributed by atoms with Gasteiger partial charge in [0.25, 0.3) is 0 Å². The van der Waals surface area contributed by atoms with Gasteiger partial charge in [-0.2, -0.15) is 0 Å². The van der Waals surface area contributed by atoms with E-state index in [0.29, 0.717) is 5.95 Å². The molecule has 33 heavy (non-hydrogen) atoms. The molecule has 0 bridgehead atoms. The van der Waals surface area contributed by atoms with Crippen molar-refractivity contribution < 1.29 is 4.74 Å². The van der Waals surface area contributed by atoms with E-state index in [9.17, 15) is 0 Å². The molecule has 2 aromatic carbocycles. The molecule has 0 saturated carbocycles. The summed E-state index contributed by atoms with van der Waals surface area (Å²) in [7, 11) is 3.83. The molecular formula is C26H28N6O. The number of aromatic nitrogens is 4. The number of aryl methyl sites for hydroxylation is 1. The monoisotopic (exact) mass is 440 g/mol. The lowest BCUT2D eigenvalue weighted by Crippen LogP contribution is -2.29. The highest BCUT2D eigenvalue weighted by Gasteiger charge is 2.21. The molecule has 0 spiro atoms. The molecule has 1 N–H and O–H groups in total. The van der Waals surface area contributed by atoms with Gasteiger partial charge < -0.3 is 19.5 Å². The Kier molecular flexibility index (Phi) is 5.79. The van der Waals surface area contributed by atoms with Gasteiger partial charge in [-0.15, -0.1) is 0 Å². The lowest BCUT2D eigenvalue weighted by Gasteiger charge is -2.26. The van der Waals surface area contributed by atoms with Gasteiger partial charge in [0.05, 0.1) is 36.2 Å². The summed E-state index contributed by atoms with van der Waals surface area (Å²) in [5.74, 6) is 1.37. The first-order valence-electron chi connectivity index (χ1n) is 11.2. The van der Waals surface area contributed by atoms with Crippen molar-refractivity contribution in [3.63, 3.8) is 0 Å². The number of fused-ring (bicyclic) bond motifs is 1. The highest BCUT2D eigenvalue weighted by molar-refractivity contribution is 5.62. The normalized spacial score (nSPS) is 13.5. The number of likely N-dealkylation sites (N-methyl/N-ethyl adjacent to an activating group) is 1. The van der Waals surface area contributed by atoms with Crippen LogP contribution in [0.1, 0.15) is 28.2 Å². The summed E-state index contributed by atoms with van der Waals surface area (Å²) in [4.78, 5) is 16.5. The minimum Gasteiger partial charge on any atom is -0.494 e. The summed E-state index contributed by atoms with van der Waals surface area (Å²) >= 11 is 0. The molecule has 0 unspecified atom stereocenters. The van der Waals surface area contributed by atoms with Crippen molar-refractivity contribution in [2.75, 3.05) is 26.0 Å². The molecule has 0 fully saturated rings. The summed E-state index contributed by atoms with van der Waals surface area (Å²) in [6.07, 6.45) is 5.48. The molecule has 5 rings (SSSR count). The third-order valence-electron chi connectivity index (χ3n) is 5.98. The van der Waals surface area contributed by atoms with E-state index in [1.807, 2.05) is 42.0 Å². The maximum Gasteiger partial charge on any atom is 0.227 e. The quantitative estimate of drug-likeness (QED) is 0.482. The molecule has 3 heterocycles. The van der Waals surface area contributed by atoms with E-state index < -0.39 is 0 Å². The van der Waals surface area contributed by atoms with E-state index in [1.54, 1.807) is 13.4 Å². The van der Waals surface area contributed by atoms with E-state index in [0.717, 1.165) is 60.1 Å². The van der Waals surface area contributed by atoms with E-state index in [-0.39, 0.29) is 0 Å². The first kappa shape index (κ1) is 21.2. The average Bonchev–Trinajstić information content (AvgIpc) is 3.26. The summed E-state index contributed by atoms with van der Waals surface area (Å²) in [6.45, 7) is 3.85. The van der Waals surface area contributed by atoms with Crippen LogP contribution < -0.4 is 10.1 Å².